The Morgan fingerprint density at radius 3 is 2.67 bits per heavy atom. The van der Waals surface area contributed by atoms with E-state index in [-0.39, 0.29) is 0 Å². The third-order valence-electron chi connectivity index (χ3n) is 2.34. The Balaban J connectivity index is 2.65. The SMILES string of the molecule is C/C=C1/C(C)=Cc2ccccc21. The maximum atomic E-state index is 2.24. The summed E-state index contributed by atoms with van der Waals surface area (Å²) in [4.78, 5) is 0. The van der Waals surface area contributed by atoms with Gasteiger partial charge in [-0.25, -0.2) is 0 Å². The molecule has 0 unspecified atom stereocenters. The molecule has 0 nitrogen and oxygen atoms in total. The van der Waals surface area contributed by atoms with E-state index < -0.39 is 0 Å². The van der Waals surface area contributed by atoms with Crippen LogP contribution < -0.4 is 0 Å². The summed E-state index contributed by atoms with van der Waals surface area (Å²) in [6.07, 6.45) is 4.42. The summed E-state index contributed by atoms with van der Waals surface area (Å²) in [5.41, 5.74) is 5.48. The van der Waals surface area contributed by atoms with Gasteiger partial charge in [-0.3, -0.25) is 0 Å². The van der Waals surface area contributed by atoms with Gasteiger partial charge in [-0.15, -0.1) is 0 Å². The van der Waals surface area contributed by atoms with Crippen LogP contribution in [0.25, 0.3) is 11.6 Å². The van der Waals surface area contributed by atoms with Crippen LogP contribution in [0.4, 0.5) is 0 Å². The Morgan fingerprint density at radius 1 is 1.17 bits per heavy atom. The lowest BCUT2D eigenvalue weighted by Crippen LogP contribution is -1.80. The summed E-state index contributed by atoms with van der Waals surface area (Å²) in [6.45, 7) is 4.25. The van der Waals surface area contributed by atoms with Crippen molar-refractivity contribution >= 4 is 11.6 Å². The van der Waals surface area contributed by atoms with Gasteiger partial charge in [-0.2, -0.15) is 0 Å². The summed E-state index contributed by atoms with van der Waals surface area (Å²) in [6, 6.07) is 8.52. The molecule has 0 atom stereocenters. The van der Waals surface area contributed by atoms with Gasteiger partial charge in [0.15, 0.2) is 0 Å². The molecule has 0 spiro atoms. The molecular formula is C12H12. The van der Waals surface area contributed by atoms with Gasteiger partial charge in [-0.05, 0) is 36.1 Å². The highest BCUT2D eigenvalue weighted by atomic mass is 14.2. The number of hydrogen-bond donors (Lipinski definition) is 0. The van der Waals surface area contributed by atoms with Crippen LogP contribution in [-0.2, 0) is 0 Å². The van der Waals surface area contributed by atoms with E-state index in [1.54, 1.807) is 0 Å². The molecule has 0 saturated carbocycles. The van der Waals surface area contributed by atoms with E-state index in [4.69, 9.17) is 0 Å². The molecule has 0 aliphatic heterocycles. The number of allylic oxidation sites excluding steroid dienone is 3. The molecule has 0 saturated heterocycles. The van der Waals surface area contributed by atoms with Crippen LogP contribution in [0.15, 0.2) is 35.9 Å². The standard InChI is InChI=1S/C12H12/c1-3-11-9(2)8-10-6-4-5-7-12(10)11/h3-8H,1-2H3/b11-3-. The fourth-order valence-corrected chi connectivity index (χ4v) is 1.77. The molecule has 0 amide bonds. The van der Waals surface area contributed by atoms with Crippen LogP contribution in [0.1, 0.15) is 25.0 Å². The predicted molar refractivity (Wildman–Crippen MR) is 53.7 cm³/mol. The largest absolute Gasteiger partial charge is 0.0795 e. The highest BCUT2D eigenvalue weighted by Crippen LogP contribution is 2.34. The van der Waals surface area contributed by atoms with Crippen LogP contribution in [0.3, 0.4) is 0 Å². The van der Waals surface area contributed by atoms with E-state index in [2.05, 4.69) is 50.3 Å². The van der Waals surface area contributed by atoms with Crippen LogP contribution in [-0.4, -0.2) is 0 Å². The lowest BCUT2D eigenvalue weighted by molar-refractivity contribution is 1.55. The maximum Gasteiger partial charge on any atom is -0.0112 e. The second kappa shape index (κ2) is 2.63. The van der Waals surface area contributed by atoms with Gasteiger partial charge in [-0.1, -0.05) is 36.4 Å². The van der Waals surface area contributed by atoms with Gasteiger partial charge in [0.1, 0.15) is 0 Å². The van der Waals surface area contributed by atoms with E-state index in [9.17, 15) is 0 Å². The minimum absolute atomic E-state index is 1.35. The zero-order valence-electron chi connectivity index (χ0n) is 7.46. The molecule has 0 fully saturated rings. The van der Waals surface area contributed by atoms with Gasteiger partial charge < -0.3 is 0 Å². The first-order valence-corrected chi connectivity index (χ1v) is 4.27. The Labute approximate surface area is 73.2 Å². The quantitative estimate of drug-likeness (QED) is 0.539. The van der Waals surface area contributed by atoms with Gasteiger partial charge in [0.25, 0.3) is 0 Å². The van der Waals surface area contributed by atoms with E-state index in [0.29, 0.717) is 0 Å². The summed E-state index contributed by atoms with van der Waals surface area (Å²) < 4.78 is 0. The molecule has 60 valence electrons. The first kappa shape index (κ1) is 7.35. The highest BCUT2D eigenvalue weighted by Gasteiger charge is 2.12. The number of fused-ring (bicyclic) bond motifs is 1. The van der Waals surface area contributed by atoms with E-state index in [1.165, 1.54) is 22.3 Å². The average Bonchev–Trinajstić information content (AvgIpc) is 2.40. The molecular weight excluding hydrogens is 144 g/mol. The molecule has 1 aromatic rings. The first-order chi connectivity index (χ1) is 5.83. The van der Waals surface area contributed by atoms with Crippen molar-refractivity contribution in [3.05, 3.63) is 47.0 Å². The smallest absolute Gasteiger partial charge is 0.0112 e. The van der Waals surface area contributed by atoms with Crippen molar-refractivity contribution < 1.29 is 0 Å². The number of hydrogen-bond acceptors (Lipinski definition) is 0. The van der Waals surface area contributed by atoms with Gasteiger partial charge >= 0.3 is 0 Å². The van der Waals surface area contributed by atoms with Crippen molar-refractivity contribution in [1.29, 1.82) is 0 Å². The van der Waals surface area contributed by atoms with Crippen molar-refractivity contribution in [1.82, 2.24) is 0 Å². The molecule has 0 radical (unpaired) electrons. The Hall–Kier alpha value is -1.30. The number of benzene rings is 1. The zero-order valence-corrected chi connectivity index (χ0v) is 7.46. The van der Waals surface area contributed by atoms with Crippen molar-refractivity contribution in [2.75, 3.05) is 0 Å². The molecule has 0 heteroatoms. The van der Waals surface area contributed by atoms with E-state index >= 15 is 0 Å². The summed E-state index contributed by atoms with van der Waals surface area (Å²) in [5.74, 6) is 0. The minimum atomic E-state index is 1.35. The normalized spacial score (nSPS) is 17.8. The van der Waals surface area contributed by atoms with Crippen molar-refractivity contribution in [3.63, 3.8) is 0 Å². The highest BCUT2D eigenvalue weighted by molar-refractivity contribution is 5.93. The van der Waals surface area contributed by atoms with Crippen LogP contribution >= 0.6 is 0 Å². The lowest BCUT2D eigenvalue weighted by atomic mass is 10.0. The Kier molecular flexibility index (Phi) is 1.61. The fraction of sp³-hybridized carbons (Fsp3) is 0.167. The molecule has 2 rings (SSSR count). The predicted octanol–water partition coefficient (Wildman–Crippen LogP) is 3.51. The van der Waals surface area contributed by atoms with Crippen molar-refractivity contribution in [3.8, 4) is 0 Å². The summed E-state index contributed by atoms with van der Waals surface area (Å²) >= 11 is 0. The molecule has 12 heavy (non-hydrogen) atoms. The summed E-state index contributed by atoms with van der Waals surface area (Å²) in [5, 5.41) is 0. The fourth-order valence-electron chi connectivity index (χ4n) is 1.77. The average molecular weight is 156 g/mol. The molecule has 1 aromatic carbocycles. The summed E-state index contributed by atoms with van der Waals surface area (Å²) in [7, 11) is 0. The minimum Gasteiger partial charge on any atom is -0.0795 e. The molecule has 0 heterocycles. The molecule has 1 aliphatic rings. The number of rotatable bonds is 0. The van der Waals surface area contributed by atoms with Gasteiger partial charge in [0, 0.05) is 0 Å². The molecule has 0 bridgehead atoms. The monoisotopic (exact) mass is 156 g/mol. The van der Waals surface area contributed by atoms with E-state index in [0.717, 1.165) is 0 Å². The molecule has 0 N–H and O–H groups in total. The first-order valence-electron chi connectivity index (χ1n) is 4.27. The maximum absolute atomic E-state index is 2.24. The van der Waals surface area contributed by atoms with Crippen LogP contribution in [0, 0.1) is 0 Å². The van der Waals surface area contributed by atoms with Crippen LogP contribution in [0.2, 0.25) is 0 Å². The van der Waals surface area contributed by atoms with Crippen molar-refractivity contribution in [2.45, 2.75) is 13.8 Å². The topological polar surface area (TPSA) is 0 Å². The van der Waals surface area contributed by atoms with Gasteiger partial charge in [0.05, 0.1) is 0 Å². The molecule has 1 aliphatic carbocycles. The molecule has 0 aromatic heterocycles. The van der Waals surface area contributed by atoms with Crippen LogP contribution in [0.5, 0.6) is 0 Å². The van der Waals surface area contributed by atoms with E-state index in [1.807, 2.05) is 0 Å². The second-order valence-corrected chi connectivity index (χ2v) is 3.12. The lowest BCUT2D eigenvalue weighted by Gasteiger charge is -2.00. The van der Waals surface area contributed by atoms with Crippen molar-refractivity contribution in [2.24, 2.45) is 0 Å². The Bertz CT molecular complexity index is 367. The zero-order chi connectivity index (χ0) is 8.55. The Morgan fingerprint density at radius 2 is 1.92 bits per heavy atom. The third-order valence-corrected chi connectivity index (χ3v) is 2.34. The second-order valence-electron chi connectivity index (χ2n) is 3.12. The third kappa shape index (κ3) is 0.918. The van der Waals surface area contributed by atoms with Gasteiger partial charge in [0.2, 0.25) is 0 Å².